The minimum Gasteiger partial charge on any atom is -0.368 e. The van der Waals surface area contributed by atoms with Crippen LogP contribution >= 0.6 is 0 Å². The van der Waals surface area contributed by atoms with E-state index in [9.17, 15) is 4.21 Å². The monoisotopic (exact) mass is 542 g/mol. The van der Waals surface area contributed by atoms with Crippen molar-refractivity contribution in [2.45, 2.75) is 43.7 Å². The van der Waals surface area contributed by atoms with Gasteiger partial charge in [0.15, 0.2) is 11.5 Å². The summed E-state index contributed by atoms with van der Waals surface area (Å²) in [4.78, 5) is 19.4. The number of likely N-dealkylation sites (N-methyl/N-ethyl adjacent to an activating group) is 1. The van der Waals surface area contributed by atoms with Gasteiger partial charge < -0.3 is 10.2 Å². The summed E-state index contributed by atoms with van der Waals surface area (Å²) < 4.78 is 18.7. The van der Waals surface area contributed by atoms with E-state index in [0.29, 0.717) is 29.8 Å². The van der Waals surface area contributed by atoms with Crippen LogP contribution < -0.4 is 10.2 Å². The van der Waals surface area contributed by atoms with E-state index in [2.05, 4.69) is 66.4 Å². The second kappa shape index (κ2) is 9.31. The van der Waals surface area contributed by atoms with Gasteiger partial charge in [0.2, 0.25) is 5.95 Å². The van der Waals surface area contributed by atoms with Crippen LogP contribution in [0.3, 0.4) is 0 Å². The molecule has 7 rings (SSSR count). The molecule has 3 aromatic heterocycles. The molecule has 1 N–H and O–H groups in total. The number of benzene rings is 1. The SMILES string of the molecule is CN1C2CCC1CN(c1ccc(Nc3ncc4cc(C5CC5)n(-c5cccc(N=S(C)(C)=O)n5)c4n3)cc1)C2. The van der Waals surface area contributed by atoms with Crippen molar-refractivity contribution in [2.24, 2.45) is 4.36 Å². The fourth-order valence-electron chi connectivity index (χ4n) is 6.01. The maximum atomic E-state index is 12.3. The Labute approximate surface area is 229 Å². The van der Waals surface area contributed by atoms with E-state index in [-0.39, 0.29) is 0 Å². The fraction of sp³-hybridized carbons (Fsp3) is 0.414. The molecule has 202 valence electrons. The van der Waals surface area contributed by atoms with Gasteiger partial charge in [-0.3, -0.25) is 9.47 Å². The summed E-state index contributed by atoms with van der Waals surface area (Å²) in [6.45, 7) is 2.19. The standard InChI is InChI=1S/C29H34N8OS/c1-35-23-13-14-24(35)18-36(17-23)22-11-9-21(10-12-22)31-29-30-16-20-15-25(19-7-8-19)37(28(20)33-29)27-6-4-5-26(32-27)34-39(2,3)38/h4-6,9-12,15-16,19,23-24H,7-8,13-14,17-18H2,1-3H3,(H,30,31,33). The summed E-state index contributed by atoms with van der Waals surface area (Å²) in [6, 6.07) is 17.7. The highest BCUT2D eigenvalue weighted by atomic mass is 32.2. The smallest absolute Gasteiger partial charge is 0.229 e. The molecule has 10 heteroatoms. The maximum absolute atomic E-state index is 12.3. The number of nitrogens with zero attached hydrogens (tertiary/aromatic N) is 7. The highest BCUT2D eigenvalue weighted by Crippen LogP contribution is 2.43. The van der Waals surface area contributed by atoms with Gasteiger partial charge in [0.1, 0.15) is 5.82 Å². The highest BCUT2D eigenvalue weighted by molar-refractivity contribution is 7.92. The second-order valence-corrected chi connectivity index (χ2v) is 14.0. The molecule has 3 aliphatic rings. The van der Waals surface area contributed by atoms with Gasteiger partial charge in [-0.25, -0.2) is 14.2 Å². The van der Waals surface area contributed by atoms with E-state index in [1.807, 2.05) is 18.3 Å². The van der Waals surface area contributed by atoms with Gasteiger partial charge in [0.05, 0.1) is 0 Å². The zero-order valence-corrected chi connectivity index (χ0v) is 23.4. The Bertz CT molecular complexity index is 1650. The van der Waals surface area contributed by atoms with Crippen LogP contribution in [0.2, 0.25) is 0 Å². The van der Waals surface area contributed by atoms with E-state index < -0.39 is 9.73 Å². The van der Waals surface area contributed by atoms with E-state index in [0.717, 1.165) is 48.5 Å². The number of anilines is 3. The summed E-state index contributed by atoms with van der Waals surface area (Å²) in [5, 5.41) is 4.37. The zero-order valence-electron chi connectivity index (χ0n) is 22.6. The third kappa shape index (κ3) is 4.87. The molecule has 1 aliphatic carbocycles. The minimum absolute atomic E-state index is 0.465. The van der Waals surface area contributed by atoms with Crippen molar-refractivity contribution >= 4 is 43.9 Å². The summed E-state index contributed by atoms with van der Waals surface area (Å²) in [7, 11) is -0.0458. The molecule has 2 unspecified atom stereocenters. The summed E-state index contributed by atoms with van der Waals surface area (Å²) in [6.07, 6.45) is 10.0. The van der Waals surface area contributed by atoms with Crippen molar-refractivity contribution in [3.8, 4) is 5.82 Å². The van der Waals surface area contributed by atoms with Crippen LogP contribution in [0.15, 0.2) is 59.1 Å². The maximum Gasteiger partial charge on any atom is 0.229 e. The summed E-state index contributed by atoms with van der Waals surface area (Å²) in [5.41, 5.74) is 4.21. The van der Waals surface area contributed by atoms with Crippen molar-refractivity contribution in [1.82, 2.24) is 24.4 Å². The molecule has 0 spiro atoms. The van der Waals surface area contributed by atoms with Crippen LogP contribution in [0, 0.1) is 0 Å². The van der Waals surface area contributed by atoms with Gasteiger partial charge in [0.25, 0.3) is 0 Å². The quantitative estimate of drug-likeness (QED) is 0.363. The molecular weight excluding hydrogens is 508 g/mol. The van der Waals surface area contributed by atoms with Crippen molar-refractivity contribution in [1.29, 1.82) is 0 Å². The first-order valence-corrected chi connectivity index (χ1v) is 16.0. The average molecular weight is 543 g/mol. The van der Waals surface area contributed by atoms with E-state index in [1.165, 1.54) is 24.2 Å². The lowest BCUT2D eigenvalue weighted by Gasteiger charge is -2.40. The molecule has 0 amide bonds. The molecule has 0 radical (unpaired) electrons. The van der Waals surface area contributed by atoms with Gasteiger partial charge in [-0.05, 0) is 81.1 Å². The van der Waals surface area contributed by atoms with Crippen LogP contribution in [0.5, 0.6) is 0 Å². The number of hydrogen-bond donors (Lipinski definition) is 1. The molecule has 1 aromatic carbocycles. The topological polar surface area (TPSA) is 91.5 Å². The molecule has 4 aromatic rings. The normalized spacial score (nSPS) is 21.5. The first-order valence-electron chi connectivity index (χ1n) is 13.7. The van der Waals surface area contributed by atoms with E-state index >= 15 is 0 Å². The van der Waals surface area contributed by atoms with Crippen LogP contribution in [0.25, 0.3) is 16.9 Å². The lowest BCUT2D eigenvalue weighted by Crippen LogP contribution is -2.51. The Balaban J connectivity index is 1.18. The van der Waals surface area contributed by atoms with Crippen molar-refractivity contribution in [3.63, 3.8) is 0 Å². The Hall–Kier alpha value is -3.50. The average Bonchev–Trinajstić information content (AvgIpc) is 3.65. The fourth-order valence-corrected chi connectivity index (χ4v) is 6.56. The number of hydrogen-bond acceptors (Lipinski definition) is 8. The number of nitrogens with one attached hydrogen (secondary N) is 1. The second-order valence-electron chi connectivity index (χ2n) is 11.4. The molecule has 3 fully saturated rings. The molecule has 2 bridgehead atoms. The number of fused-ring (bicyclic) bond motifs is 3. The number of rotatable bonds is 6. The molecule has 9 nitrogen and oxygen atoms in total. The van der Waals surface area contributed by atoms with E-state index in [1.54, 1.807) is 18.6 Å². The van der Waals surface area contributed by atoms with Crippen molar-refractivity contribution < 1.29 is 4.21 Å². The highest BCUT2D eigenvalue weighted by Gasteiger charge is 2.37. The van der Waals surface area contributed by atoms with Gasteiger partial charge >= 0.3 is 0 Å². The third-order valence-corrected chi connectivity index (χ3v) is 8.79. The Morgan fingerprint density at radius 3 is 2.41 bits per heavy atom. The summed E-state index contributed by atoms with van der Waals surface area (Å²) in [5.74, 6) is 2.22. The third-order valence-electron chi connectivity index (χ3n) is 8.16. The minimum atomic E-state index is -2.31. The zero-order chi connectivity index (χ0) is 26.7. The number of pyridine rings is 1. The van der Waals surface area contributed by atoms with Crippen LogP contribution in [0.4, 0.5) is 23.1 Å². The lowest BCUT2D eigenvalue weighted by atomic mass is 10.1. The van der Waals surface area contributed by atoms with Crippen molar-refractivity contribution in [3.05, 3.63) is 60.4 Å². The predicted molar refractivity (Wildman–Crippen MR) is 157 cm³/mol. The largest absolute Gasteiger partial charge is 0.368 e. The first-order chi connectivity index (χ1) is 18.8. The Morgan fingerprint density at radius 1 is 0.974 bits per heavy atom. The number of piperazine rings is 1. The lowest BCUT2D eigenvalue weighted by molar-refractivity contribution is 0.212. The predicted octanol–water partition coefficient (Wildman–Crippen LogP) is 5.08. The Morgan fingerprint density at radius 2 is 1.72 bits per heavy atom. The van der Waals surface area contributed by atoms with Gasteiger partial charge in [-0.15, -0.1) is 0 Å². The van der Waals surface area contributed by atoms with Crippen LogP contribution in [-0.2, 0) is 9.73 Å². The van der Waals surface area contributed by atoms with Gasteiger partial charge in [-0.1, -0.05) is 6.07 Å². The van der Waals surface area contributed by atoms with E-state index in [4.69, 9.17) is 9.97 Å². The molecule has 1 saturated carbocycles. The van der Waals surface area contributed by atoms with Crippen LogP contribution in [-0.4, -0.2) is 73.4 Å². The van der Waals surface area contributed by atoms with Gasteiger partial charge in [-0.2, -0.15) is 9.35 Å². The Kier molecular flexibility index (Phi) is 5.85. The van der Waals surface area contributed by atoms with Crippen LogP contribution in [0.1, 0.15) is 37.3 Å². The molecular formula is C29H34N8OS. The van der Waals surface area contributed by atoms with Gasteiger partial charge in [0, 0.05) is 76.1 Å². The molecule has 2 aliphatic heterocycles. The number of aromatic nitrogens is 4. The summed E-state index contributed by atoms with van der Waals surface area (Å²) >= 11 is 0. The van der Waals surface area contributed by atoms with Crippen molar-refractivity contribution in [2.75, 3.05) is 42.9 Å². The molecule has 2 atom stereocenters. The first kappa shape index (κ1) is 24.5. The molecule has 2 saturated heterocycles. The molecule has 5 heterocycles. The molecule has 39 heavy (non-hydrogen) atoms.